The normalized spacial score (nSPS) is 10.6. The Morgan fingerprint density at radius 1 is 1.55 bits per heavy atom. The maximum absolute atomic E-state index is 8.72. The number of nitrogens with zero attached hydrogens (tertiary/aromatic N) is 2. The van der Waals surface area contributed by atoms with Gasteiger partial charge in [-0.1, -0.05) is 0 Å². The van der Waals surface area contributed by atoms with Crippen molar-refractivity contribution in [2.75, 3.05) is 0 Å². The molecule has 0 saturated heterocycles. The molecule has 1 N–H and O–H groups in total. The molecule has 0 unspecified atom stereocenters. The van der Waals surface area contributed by atoms with Gasteiger partial charge in [0.15, 0.2) is 0 Å². The molecule has 0 saturated carbocycles. The van der Waals surface area contributed by atoms with Gasteiger partial charge in [0.1, 0.15) is 0 Å². The van der Waals surface area contributed by atoms with Crippen molar-refractivity contribution >= 4 is 24.3 Å². The number of fused-ring (bicyclic) bond motifs is 1. The molecular weight excluding hydrogens is 207 g/mol. The van der Waals surface area contributed by atoms with Gasteiger partial charge >= 0.3 is 69.0 Å². The SMILES string of the molecule is OCc1ncc2[se]ccc2n1. The molecule has 0 aliphatic rings. The molecule has 11 heavy (non-hydrogen) atoms. The molecule has 2 aromatic rings. The zero-order valence-electron chi connectivity index (χ0n) is 5.69. The Hall–Kier alpha value is -0.701. The van der Waals surface area contributed by atoms with E-state index in [0.717, 1.165) is 5.52 Å². The first kappa shape index (κ1) is 6.98. The Balaban J connectivity index is 2.67. The van der Waals surface area contributed by atoms with Crippen LogP contribution in [0.4, 0.5) is 0 Å². The first-order valence-corrected chi connectivity index (χ1v) is 5.04. The third kappa shape index (κ3) is 1.20. The van der Waals surface area contributed by atoms with Crippen LogP contribution in [0.25, 0.3) is 9.78 Å². The fourth-order valence-corrected chi connectivity index (χ4v) is 2.33. The summed E-state index contributed by atoms with van der Waals surface area (Å²) < 4.78 is 1.20. The summed E-state index contributed by atoms with van der Waals surface area (Å²) in [5.74, 6) is 0.506. The molecule has 0 bridgehead atoms. The van der Waals surface area contributed by atoms with Crippen LogP contribution in [0.15, 0.2) is 17.2 Å². The van der Waals surface area contributed by atoms with Gasteiger partial charge in [-0.2, -0.15) is 0 Å². The zero-order valence-corrected chi connectivity index (χ0v) is 7.40. The van der Waals surface area contributed by atoms with E-state index in [0.29, 0.717) is 20.3 Å². The van der Waals surface area contributed by atoms with Crippen LogP contribution in [0.1, 0.15) is 5.82 Å². The minimum absolute atomic E-state index is 0.0753. The van der Waals surface area contributed by atoms with Crippen LogP contribution < -0.4 is 0 Å². The van der Waals surface area contributed by atoms with Gasteiger partial charge in [0.2, 0.25) is 0 Å². The van der Waals surface area contributed by atoms with Gasteiger partial charge in [0.05, 0.1) is 0 Å². The second kappa shape index (κ2) is 2.74. The van der Waals surface area contributed by atoms with Crippen LogP contribution in [-0.2, 0) is 6.61 Å². The van der Waals surface area contributed by atoms with Crippen LogP contribution >= 0.6 is 0 Å². The summed E-state index contributed by atoms with van der Waals surface area (Å²) in [4.78, 5) is 10.2. The summed E-state index contributed by atoms with van der Waals surface area (Å²) in [6.45, 7) is -0.0753. The average molecular weight is 213 g/mol. The van der Waals surface area contributed by atoms with Gasteiger partial charge in [-0.3, -0.25) is 0 Å². The average Bonchev–Trinajstić information content (AvgIpc) is 2.50. The van der Waals surface area contributed by atoms with E-state index in [1.165, 1.54) is 4.26 Å². The molecule has 0 aromatic carbocycles. The first-order chi connectivity index (χ1) is 5.40. The van der Waals surface area contributed by atoms with Crippen LogP contribution in [0.5, 0.6) is 0 Å². The molecule has 2 rings (SSSR count). The number of aromatic nitrogens is 2. The molecule has 0 fully saturated rings. The topological polar surface area (TPSA) is 46.0 Å². The first-order valence-electron chi connectivity index (χ1n) is 3.20. The number of rotatable bonds is 1. The molecule has 4 heteroatoms. The molecule has 0 amide bonds. The summed E-state index contributed by atoms with van der Waals surface area (Å²) in [5, 5.41) is 8.72. The van der Waals surface area contributed by atoms with Crippen molar-refractivity contribution in [1.82, 2.24) is 9.97 Å². The van der Waals surface area contributed by atoms with Crippen LogP contribution in [0.3, 0.4) is 0 Å². The van der Waals surface area contributed by atoms with E-state index < -0.39 is 0 Å². The number of hydrogen-bond donors (Lipinski definition) is 1. The molecule has 2 heterocycles. The fourth-order valence-electron chi connectivity index (χ4n) is 0.880. The molecule has 3 nitrogen and oxygen atoms in total. The fraction of sp³-hybridized carbons (Fsp3) is 0.143. The maximum atomic E-state index is 8.72. The standard InChI is InChI=1S/C7H6N2OSe/c10-4-7-8-3-6-5(9-7)1-2-11-6/h1-3,10H,4H2. The summed E-state index contributed by atoms with van der Waals surface area (Å²) >= 11 is 0.406. The molecule has 0 aliphatic carbocycles. The second-order valence-electron chi connectivity index (χ2n) is 2.11. The van der Waals surface area contributed by atoms with Crippen molar-refractivity contribution in [3.63, 3.8) is 0 Å². The van der Waals surface area contributed by atoms with Gasteiger partial charge in [-0.25, -0.2) is 0 Å². The van der Waals surface area contributed by atoms with Crippen molar-refractivity contribution in [2.24, 2.45) is 0 Å². The van der Waals surface area contributed by atoms with E-state index in [1.54, 1.807) is 6.20 Å². The molecule has 0 aliphatic heterocycles. The van der Waals surface area contributed by atoms with E-state index in [2.05, 4.69) is 14.9 Å². The Morgan fingerprint density at radius 2 is 2.45 bits per heavy atom. The quantitative estimate of drug-likeness (QED) is 0.687. The van der Waals surface area contributed by atoms with Crippen LogP contribution in [0.2, 0.25) is 0 Å². The van der Waals surface area contributed by atoms with E-state index in [1.807, 2.05) is 6.07 Å². The molecule has 56 valence electrons. The summed E-state index contributed by atoms with van der Waals surface area (Å²) in [6.07, 6.45) is 1.80. The number of hydrogen-bond acceptors (Lipinski definition) is 3. The van der Waals surface area contributed by atoms with Gasteiger partial charge < -0.3 is 0 Å². The predicted molar refractivity (Wildman–Crippen MR) is 42.4 cm³/mol. The third-order valence-electron chi connectivity index (χ3n) is 1.40. The Kier molecular flexibility index (Phi) is 1.74. The van der Waals surface area contributed by atoms with Gasteiger partial charge in [-0.05, 0) is 0 Å². The third-order valence-corrected chi connectivity index (χ3v) is 3.16. The Morgan fingerprint density at radius 3 is 3.27 bits per heavy atom. The van der Waals surface area contributed by atoms with Crippen molar-refractivity contribution in [2.45, 2.75) is 6.61 Å². The molecule has 0 spiro atoms. The van der Waals surface area contributed by atoms with Gasteiger partial charge in [0.25, 0.3) is 0 Å². The Bertz CT molecular complexity index is 371. The summed E-state index contributed by atoms with van der Waals surface area (Å²) in [5.41, 5.74) is 0.976. The van der Waals surface area contributed by atoms with Gasteiger partial charge in [0, 0.05) is 0 Å². The van der Waals surface area contributed by atoms with Crippen molar-refractivity contribution < 1.29 is 5.11 Å². The molecule has 2 aromatic heterocycles. The van der Waals surface area contributed by atoms with E-state index in [-0.39, 0.29) is 6.61 Å². The van der Waals surface area contributed by atoms with Crippen molar-refractivity contribution in [3.8, 4) is 0 Å². The summed E-state index contributed by atoms with van der Waals surface area (Å²) in [7, 11) is 0. The predicted octanol–water partition coefficient (Wildman–Crippen LogP) is 0.179. The molecular formula is C7H6N2OSe. The van der Waals surface area contributed by atoms with Crippen molar-refractivity contribution in [3.05, 3.63) is 23.0 Å². The van der Waals surface area contributed by atoms with E-state index in [9.17, 15) is 0 Å². The van der Waals surface area contributed by atoms with E-state index >= 15 is 0 Å². The number of aliphatic hydroxyl groups is 1. The second-order valence-corrected chi connectivity index (χ2v) is 4.10. The van der Waals surface area contributed by atoms with E-state index in [4.69, 9.17) is 5.11 Å². The molecule has 0 atom stereocenters. The monoisotopic (exact) mass is 214 g/mol. The Labute approximate surface area is 69.5 Å². The van der Waals surface area contributed by atoms with Crippen LogP contribution in [-0.4, -0.2) is 29.6 Å². The minimum atomic E-state index is -0.0753. The molecule has 0 radical (unpaired) electrons. The number of aliphatic hydroxyl groups excluding tert-OH is 1. The van der Waals surface area contributed by atoms with Crippen LogP contribution in [0, 0.1) is 0 Å². The van der Waals surface area contributed by atoms with Gasteiger partial charge in [-0.15, -0.1) is 0 Å². The summed E-state index contributed by atoms with van der Waals surface area (Å²) in [6, 6.07) is 1.98. The van der Waals surface area contributed by atoms with Crippen molar-refractivity contribution in [1.29, 1.82) is 0 Å². The zero-order chi connectivity index (χ0) is 7.68.